The molecule has 5 rings (SSSR count). The summed E-state index contributed by atoms with van der Waals surface area (Å²) < 4.78 is 9.95. The number of nitrogens with one attached hydrogen (secondary N) is 5. The summed E-state index contributed by atoms with van der Waals surface area (Å²) in [5, 5.41) is 7.91. The number of hydrogen-bond acceptors (Lipinski definition) is 8. The van der Waals surface area contributed by atoms with E-state index < -0.39 is 29.7 Å². The van der Waals surface area contributed by atoms with Gasteiger partial charge in [-0.05, 0) is 55.0 Å². The van der Waals surface area contributed by atoms with Crippen LogP contribution >= 0.6 is 0 Å². The Kier molecular flexibility index (Phi) is 12.8. The number of aromatic nitrogens is 4. The predicted molar refractivity (Wildman–Crippen MR) is 205 cm³/mol. The standard InChI is InChI=1S/C40H46N8O6/c1-6-20-48(35(49)24-43-38(51)53-5)25-34-41-22-32(44-34)29-16-12-27(13-17-29)28-14-18-30(19-15-28)33-23-42-37(45-33)47-36(50)31(21-26-10-8-7-9-11-26)46-39(52)54-40(2,3)4/h7-19,22-23,31H,6,20-21,24-25H2,1-5H3,(H,41,44)(H,43,51)(H,46,52)(H2,42,45,47,50). The number of anilines is 1. The number of benzene rings is 3. The second-order valence-corrected chi connectivity index (χ2v) is 13.6. The van der Waals surface area contributed by atoms with Crippen molar-refractivity contribution in [2.45, 2.75) is 58.7 Å². The van der Waals surface area contributed by atoms with Gasteiger partial charge in [0.1, 0.15) is 24.0 Å². The van der Waals surface area contributed by atoms with E-state index in [0.717, 1.165) is 39.9 Å². The highest BCUT2D eigenvalue weighted by molar-refractivity contribution is 5.95. The van der Waals surface area contributed by atoms with Gasteiger partial charge in [-0.15, -0.1) is 0 Å². The minimum absolute atomic E-state index is 0.156. The van der Waals surface area contributed by atoms with E-state index in [1.165, 1.54) is 7.11 Å². The fraction of sp³-hybridized carbons (Fsp3) is 0.300. The van der Waals surface area contributed by atoms with Gasteiger partial charge in [0.15, 0.2) is 0 Å². The van der Waals surface area contributed by atoms with Crippen molar-refractivity contribution in [3.05, 3.63) is 103 Å². The van der Waals surface area contributed by atoms with Gasteiger partial charge in [0, 0.05) is 13.0 Å². The van der Waals surface area contributed by atoms with Crippen LogP contribution in [0, 0.1) is 0 Å². The Labute approximate surface area is 314 Å². The normalized spacial score (nSPS) is 11.6. The van der Waals surface area contributed by atoms with Crippen molar-refractivity contribution < 1.29 is 28.7 Å². The van der Waals surface area contributed by atoms with Crippen LogP contribution < -0.4 is 16.0 Å². The van der Waals surface area contributed by atoms with Gasteiger partial charge in [-0.25, -0.2) is 19.6 Å². The summed E-state index contributed by atoms with van der Waals surface area (Å²) in [6, 6.07) is 24.5. The van der Waals surface area contributed by atoms with Gasteiger partial charge in [-0.2, -0.15) is 0 Å². The van der Waals surface area contributed by atoms with E-state index in [1.54, 1.807) is 38.1 Å². The van der Waals surface area contributed by atoms with E-state index in [1.807, 2.05) is 85.8 Å². The molecule has 2 aromatic heterocycles. The van der Waals surface area contributed by atoms with Gasteiger partial charge in [0.05, 0.1) is 37.4 Å². The molecule has 2 heterocycles. The molecule has 0 bridgehead atoms. The first-order chi connectivity index (χ1) is 25.9. The number of aromatic amines is 2. The number of amides is 4. The van der Waals surface area contributed by atoms with Gasteiger partial charge in [0.25, 0.3) is 0 Å². The molecule has 0 aliphatic heterocycles. The minimum atomic E-state index is -0.897. The molecule has 14 heteroatoms. The number of carbonyl (C=O) groups is 4. The number of alkyl carbamates (subject to hydrolysis) is 2. The average molecular weight is 735 g/mol. The molecule has 1 atom stereocenters. The van der Waals surface area contributed by atoms with Crippen LogP contribution in [0.5, 0.6) is 0 Å². The molecule has 0 radical (unpaired) electrons. The summed E-state index contributed by atoms with van der Waals surface area (Å²) in [6.45, 7) is 7.91. The van der Waals surface area contributed by atoms with Crippen LogP contribution in [0.1, 0.15) is 45.5 Å². The van der Waals surface area contributed by atoms with Crippen LogP contribution in [-0.4, -0.2) is 80.7 Å². The zero-order valence-electron chi connectivity index (χ0n) is 31.1. The van der Waals surface area contributed by atoms with Crippen LogP contribution in [0.2, 0.25) is 0 Å². The molecule has 0 aliphatic rings. The highest BCUT2D eigenvalue weighted by Gasteiger charge is 2.25. The largest absolute Gasteiger partial charge is 0.453 e. The fourth-order valence-corrected chi connectivity index (χ4v) is 5.59. The summed E-state index contributed by atoms with van der Waals surface area (Å²) in [5.41, 5.74) is 5.53. The van der Waals surface area contributed by atoms with Crippen molar-refractivity contribution in [1.29, 1.82) is 0 Å². The highest BCUT2D eigenvalue weighted by atomic mass is 16.6. The van der Waals surface area contributed by atoms with Crippen LogP contribution in [-0.2, 0) is 32.0 Å². The molecule has 4 amide bonds. The zero-order valence-corrected chi connectivity index (χ0v) is 31.1. The fourth-order valence-electron chi connectivity index (χ4n) is 5.59. The lowest BCUT2D eigenvalue weighted by molar-refractivity contribution is -0.131. The monoisotopic (exact) mass is 734 g/mol. The quantitative estimate of drug-likeness (QED) is 0.0880. The summed E-state index contributed by atoms with van der Waals surface area (Å²) in [7, 11) is 1.25. The van der Waals surface area contributed by atoms with Gasteiger partial charge >= 0.3 is 12.2 Å². The Morgan fingerprint density at radius 1 is 0.796 bits per heavy atom. The predicted octanol–water partition coefficient (Wildman–Crippen LogP) is 6.30. The first-order valence-electron chi connectivity index (χ1n) is 17.6. The van der Waals surface area contributed by atoms with Crippen LogP contribution in [0.25, 0.3) is 33.6 Å². The van der Waals surface area contributed by atoms with E-state index >= 15 is 0 Å². The second-order valence-electron chi connectivity index (χ2n) is 13.6. The Hall–Kier alpha value is -6.44. The van der Waals surface area contributed by atoms with Crippen molar-refractivity contribution in [2.75, 3.05) is 25.5 Å². The van der Waals surface area contributed by atoms with Crippen molar-refractivity contribution in [3.8, 4) is 33.6 Å². The lowest BCUT2D eigenvalue weighted by atomic mass is 10.0. The number of imidazole rings is 2. The molecule has 3 aromatic carbocycles. The van der Waals surface area contributed by atoms with Gasteiger partial charge in [0.2, 0.25) is 17.8 Å². The first-order valence-corrected chi connectivity index (χ1v) is 17.6. The molecule has 0 fully saturated rings. The number of carbonyl (C=O) groups excluding carboxylic acids is 4. The molecule has 1 unspecified atom stereocenters. The van der Waals surface area contributed by atoms with E-state index in [2.05, 4.69) is 40.6 Å². The van der Waals surface area contributed by atoms with Crippen molar-refractivity contribution in [3.63, 3.8) is 0 Å². The smallest absolute Gasteiger partial charge is 0.408 e. The van der Waals surface area contributed by atoms with Crippen LogP contribution in [0.15, 0.2) is 91.3 Å². The molecule has 0 saturated carbocycles. The molecular formula is C40H46N8O6. The Morgan fingerprint density at radius 2 is 1.39 bits per heavy atom. The van der Waals surface area contributed by atoms with Gasteiger partial charge in [-0.1, -0.05) is 85.8 Å². The number of methoxy groups -OCH3 is 1. The van der Waals surface area contributed by atoms with Gasteiger partial charge < -0.3 is 35.0 Å². The maximum atomic E-state index is 13.3. The summed E-state index contributed by atoms with van der Waals surface area (Å²) in [5.74, 6) is 0.221. The topological polar surface area (TPSA) is 183 Å². The van der Waals surface area contributed by atoms with E-state index in [4.69, 9.17) is 4.74 Å². The second kappa shape index (κ2) is 17.9. The number of hydrogen-bond donors (Lipinski definition) is 5. The molecular weight excluding hydrogens is 688 g/mol. The highest BCUT2D eigenvalue weighted by Crippen LogP contribution is 2.27. The van der Waals surface area contributed by atoms with Gasteiger partial charge in [-0.3, -0.25) is 14.9 Å². The molecule has 14 nitrogen and oxygen atoms in total. The summed E-state index contributed by atoms with van der Waals surface area (Å²) >= 11 is 0. The van der Waals surface area contributed by atoms with E-state index in [9.17, 15) is 19.2 Å². The van der Waals surface area contributed by atoms with Crippen molar-refractivity contribution >= 4 is 29.9 Å². The third-order valence-electron chi connectivity index (χ3n) is 8.22. The number of H-pyrrole nitrogens is 2. The SMILES string of the molecule is CCCN(Cc1ncc(-c2ccc(-c3ccc(-c4cnc(NC(=O)C(Cc5ccccc5)NC(=O)OC(C)(C)C)[nH]4)cc3)cc2)[nH]1)C(=O)CNC(=O)OC. The van der Waals surface area contributed by atoms with Crippen molar-refractivity contribution in [1.82, 2.24) is 35.5 Å². The Bertz CT molecular complexity index is 2020. The lowest BCUT2D eigenvalue weighted by Gasteiger charge is -2.23. The Balaban J connectivity index is 1.20. The number of nitrogens with zero attached hydrogens (tertiary/aromatic N) is 3. The Morgan fingerprint density at radius 3 is 1.98 bits per heavy atom. The molecule has 54 heavy (non-hydrogen) atoms. The molecule has 0 aliphatic carbocycles. The van der Waals surface area contributed by atoms with Crippen LogP contribution in [0.3, 0.4) is 0 Å². The third-order valence-corrected chi connectivity index (χ3v) is 8.22. The van der Waals surface area contributed by atoms with Crippen molar-refractivity contribution in [2.24, 2.45) is 0 Å². The molecule has 282 valence electrons. The average Bonchev–Trinajstić information content (AvgIpc) is 3.83. The summed E-state index contributed by atoms with van der Waals surface area (Å²) in [4.78, 5) is 66.9. The van der Waals surface area contributed by atoms with E-state index in [-0.39, 0.29) is 31.4 Å². The maximum absolute atomic E-state index is 13.3. The van der Waals surface area contributed by atoms with E-state index in [0.29, 0.717) is 18.1 Å². The molecule has 0 spiro atoms. The molecule has 5 aromatic rings. The number of rotatable bonds is 14. The molecule has 5 N–H and O–H groups in total. The first kappa shape index (κ1) is 38.8. The minimum Gasteiger partial charge on any atom is -0.453 e. The summed E-state index contributed by atoms with van der Waals surface area (Å²) in [6.07, 6.45) is 3.06. The molecule has 0 saturated heterocycles. The van der Waals surface area contributed by atoms with Crippen LogP contribution in [0.4, 0.5) is 15.5 Å². The zero-order chi connectivity index (χ0) is 38.7. The lowest BCUT2D eigenvalue weighted by Crippen LogP contribution is -2.47. The maximum Gasteiger partial charge on any atom is 0.408 e. The number of ether oxygens (including phenoxy) is 2. The third kappa shape index (κ3) is 11.0.